The first-order valence-electron chi connectivity index (χ1n) is 15.4. The highest BCUT2D eigenvalue weighted by Gasteiger charge is 2.34. The van der Waals surface area contributed by atoms with Gasteiger partial charge in [-0.25, -0.2) is 14.2 Å². The Hall–Kier alpha value is -4.21. The Morgan fingerprint density at radius 1 is 1.02 bits per heavy atom. The molecular formula is C35H36ClFN4O4. The number of ether oxygens (including phenoxy) is 1. The van der Waals surface area contributed by atoms with E-state index in [9.17, 15) is 14.0 Å². The maximum Gasteiger partial charge on any atom is 0.335 e. The summed E-state index contributed by atoms with van der Waals surface area (Å²) in [5.74, 6) is 0.267. The van der Waals surface area contributed by atoms with Crippen molar-refractivity contribution in [2.75, 3.05) is 18.4 Å². The van der Waals surface area contributed by atoms with Crippen LogP contribution in [0.5, 0.6) is 5.75 Å². The SMILES string of the molecule is CC(C)n1c(C2CC2)nc(C(=O)Nc2ccc(Cl)c(CN3CCC(Oc4ccc(C(=O)O)cc4)CC3)c2)c1-c1ccc(F)cc1. The normalized spacial score (nSPS) is 15.8. The second-order valence-corrected chi connectivity index (χ2v) is 12.5. The van der Waals surface area contributed by atoms with Gasteiger partial charge in [0.1, 0.15) is 23.5 Å². The summed E-state index contributed by atoms with van der Waals surface area (Å²) in [4.78, 5) is 32.0. The number of piperidine rings is 1. The molecule has 2 N–H and O–H groups in total. The number of amides is 1. The molecule has 4 aromatic rings. The standard InChI is InChI=1S/C35H36ClFN4O4/c1-21(2)41-32(22-5-9-26(37)10-6-22)31(39-33(41)23-3-4-23)34(42)38-27-11-14-30(36)25(19-27)20-40-17-15-29(16-18-40)45-28-12-7-24(8-13-28)35(43)44/h5-14,19,21,23,29H,3-4,15-18,20H2,1-2H3,(H,38,42)(H,43,44). The third-order valence-corrected chi connectivity index (χ3v) is 8.73. The van der Waals surface area contributed by atoms with E-state index in [1.165, 1.54) is 12.1 Å². The summed E-state index contributed by atoms with van der Waals surface area (Å²) in [5.41, 5.74) is 3.53. The van der Waals surface area contributed by atoms with Crippen molar-refractivity contribution in [2.45, 2.75) is 64.1 Å². The summed E-state index contributed by atoms with van der Waals surface area (Å²) >= 11 is 6.61. The maximum absolute atomic E-state index is 13.8. The van der Waals surface area contributed by atoms with Crippen LogP contribution >= 0.6 is 11.6 Å². The number of hydrogen-bond acceptors (Lipinski definition) is 5. The minimum atomic E-state index is -0.962. The molecule has 0 radical (unpaired) electrons. The van der Waals surface area contributed by atoms with Crippen molar-refractivity contribution in [3.8, 4) is 17.0 Å². The summed E-state index contributed by atoms with van der Waals surface area (Å²) in [7, 11) is 0. The van der Waals surface area contributed by atoms with Gasteiger partial charge in [0.15, 0.2) is 5.69 Å². The number of aromatic carboxylic acids is 1. The first-order chi connectivity index (χ1) is 21.7. The van der Waals surface area contributed by atoms with Crippen molar-refractivity contribution in [1.29, 1.82) is 0 Å². The molecule has 3 aromatic carbocycles. The summed E-state index contributed by atoms with van der Waals surface area (Å²) in [6.07, 6.45) is 3.76. The van der Waals surface area contributed by atoms with E-state index >= 15 is 0 Å². The van der Waals surface area contributed by atoms with Gasteiger partial charge < -0.3 is 19.7 Å². The van der Waals surface area contributed by atoms with Gasteiger partial charge in [-0.15, -0.1) is 0 Å². The number of rotatable bonds is 10. The lowest BCUT2D eigenvalue weighted by Gasteiger charge is -2.32. The summed E-state index contributed by atoms with van der Waals surface area (Å²) < 4.78 is 22.0. The smallest absolute Gasteiger partial charge is 0.335 e. The third kappa shape index (κ3) is 7.05. The van der Waals surface area contributed by atoms with Crippen molar-refractivity contribution >= 4 is 29.2 Å². The molecule has 0 atom stereocenters. The van der Waals surface area contributed by atoms with Crippen LogP contribution in [0.15, 0.2) is 66.7 Å². The van der Waals surface area contributed by atoms with Crippen LogP contribution in [0.25, 0.3) is 11.3 Å². The molecular weight excluding hydrogens is 595 g/mol. The molecule has 0 bridgehead atoms. The van der Waals surface area contributed by atoms with Gasteiger partial charge >= 0.3 is 5.97 Å². The molecule has 1 saturated heterocycles. The molecule has 8 nitrogen and oxygen atoms in total. The average molecular weight is 631 g/mol. The number of carboxylic acids is 1. The molecule has 234 valence electrons. The van der Waals surface area contributed by atoms with E-state index in [4.69, 9.17) is 26.4 Å². The molecule has 1 amide bonds. The van der Waals surface area contributed by atoms with Crippen LogP contribution in [-0.4, -0.2) is 50.6 Å². The first-order valence-corrected chi connectivity index (χ1v) is 15.7. The third-order valence-electron chi connectivity index (χ3n) is 8.37. The van der Waals surface area contributed by atoms with Crippen LogP contribution in [0.1, 0.15) is 83.7 Å². The first kappa shape index (κ1) is 30.8. The predicted octanol–water partition coefficient (Wildman–Crippen LogP) is 7.79. The fraction of sp³-hybridized carbons (Fsp3) is 0.343. The van der Waals surface area contributed by atoms with Gasteiger partial charge in [-0.2, -0.15) is 0 Å². The molecule has 45 heavy (non-hydrogen) atoms. The van der Waals surface area contributed by atoms with E-state index in [1.807, 2.05) is 6.07 Å². The van der Waals surface area contributed by atoms with E-state index in [0.29, 0.717) is 40.3 Å². The lowest BCUT2D eigenvalue weighted by atomic mass is 10.1. The van der Waals surface area contributed by atoms with Crippen molar-refractivity contribution in [3.05, 3.63) is 100 Å². The van der Waals surface area contributed by atoms with Crippen LogP contribution in [-0.2, 0) is 6.54 Å². The van der Waals surface area contributed by atoms with E-state index < -0.39 is 5.97 Å². The molecule has 10 heteroatoms. The number of nitrogens with zero attached hydrogens (tertiary/aromatic N) is 3. The summed E-state index contributed by atoms with van der Waals surface area (Å²) in [6.45, 7) is 6.38. The van der Waals surface area contributed by atoms with Crippen LogP contribution < -0.4 is 10.1 Å². The Morgan fingerprint density at radius 3 is 2.33 bits per heavy atom. The van der Waals surface area contributed by atoms with Crippen LogP contribution in [0.4, 0.5) is 10.1 Å². The lowest BCUT2D eigenvalue weighted by Crippen LogP contribution is -2.37. The molecule has 2 heterocycles. The molecule has 2 fully saturated rings. The van der Waals surface area contributed by atoms with Crippen molar-refractivity contribution < 1.29 is 23.8 Å². The number of hydrogen-bond donors (Lipinski definition) is 2. The van der Waals surface area contributed by atoms with Crippen LogP contribution in [0.3, 0.4) is 0 Å². The number of carbonyl (C=O) groups excluding carboxylic acids is 1. The zero-order valence-electron chi connectivity index (χ0n) is 25.3. The molecule has 2 aliphatic rings. The second-order valence-electron chi connectivity index (χ2n) is 12.1. The fourth-order valence-electron chi connectivity index (χ4n) is 5.90. The number of aromatic nitrogens is 2. The van der Waals surface area contributed by atoms with Crippen LogP contribution in [0.2, 0.25) is 5.02 Å². The average Bonchev–Trinajstić information content (AvgIpc) is 3.79. The minimum absolute atomic E-state index is 0.0412. The maximum atomic E-state index is 13.8. The van der Waals surface area contributed by atoms with Gasteiger partial charge in [0.2, 0.25) is 0 Å². The highest BCUT2D eigenvalue weighted by molar-refractivity contribution is 6.31. The van der Waals surface area contributed by atoms with E-state index in [2.05, 4.69) is 28.6 Å². The van der Waals surface area contributed by atoms with Crippen molar-refractivity contribution in [3.63, 3.8) is 0 Å². The Labute approximate surface area is 266 Å². The van der Waals surface area contributed by atoms with Gasteiger partial charge in [0, 0.05) is 47.9 Å². The zero-order chi connectivity index (χ0) is 31.7. The lowest BCUT2D eigenvalue weighted by molar-refractivity contribution is 0.0696. The molecule has 6 rings (SSSR count). The highest BCUT2D eigenvalue weighted by Crippen LogP contribution is 2.43. The van der Waals surface area contributed by atoms with Gasteiger partial charge in [-0.3, -0.25) is 9.69 Å². The number of nitrogens with one attached hydrogen (secondary N) is 1. The van der Waals surface area contributed by atoms with Gasteiger partial charge in [-0.05, 0) is 112 Å². The monoisotopic (exact) mass is 630 g/mol. The number of likely N-dealkylation sites (tertiary alicyclic amines) is 1. The largest absolute Gasteiger partial charge is 0.490 e. The van der Waals surface area contributed by atoms with E-state index in [-0.39, 0.29) is 29.4 Å². The van der Waals surface area contributed by atoms with E-state index in [1.54, 1.807) is 48.5 Å². The summed E-state index contributed by atoms with van der Waals surface area (Å²) in [5, 5.41) is 12.8. The zero-order valence-corrected chi connectivity index (χ0v) is 26.1. The van der Waals surface area contributed by atoms with Crippen molar-refractivity contribution in [1.82, 2.24) is 14.5 Å². The second kappa shape index (κ2) is 13.0. The number of carbonyl (C=O) groups is 2. The Morgan fingerprint density at radius 2 is 1.71 bits per heavy atom. The Balaban J connectivity index is 1.14. The number of anilines is 1. The van der Waals surface area contributed by atoms with Gasteiger partial charge in [-0.1, -0.05) is 11.6 Å². The molecule has 1 saturated carbocycles. The minimum Gasteiger partial charge on any atom is -0.490 e. The van der Waals surface area contributed by atoms with E-state index in [0.717, 1.165) is 55.7 Å². The number of halogens is 2. The number of carboxylic acid groups (broad SMARTS) is 1. The quantitative estimate of drug-likeness (QED) is 0.186. The molecule has 0 spiro atoms. The predicted molar refractivity (Wildman–Crippen MR) is 172 cm³/mol. The molecule has 1 aliphatic heterocycles. The molecule has 1 aliphatic carbocycles. The highest BCUT2D eigenvalue weighted by atomic mass is 35.5. The Bertz CT molecular complexity index is 1690. The van der Waals surface area contributed by atoms with Gasteiger partial charge in [0.25, 0.3) is 5.91 Å². The topological polar surface area (TPSA) is 96.7 Å². The van der Waals surface area contributed by atoms with Crippen molar-refractivity contribution in [2.24, 2.45) is 0 Å². The van der Waals surface area contributed by atoms with Crippen LogP contribution in [0, 0.1) is 5.82 Å². The number of benzene rings is 3. The summed E-state index contributed by atoms with van der Waals surface area (Å²) in [6, 6.07) is 18.3. The number of imidazole rings is 1. The fourth-order valence-corrected chi connectivity index (χ4v) is 6.08. The Kier molecular flexibility index (Phi) is 8.92. The molecule has 1 aromatic heterocycles. The van der Waals surface area contributed by atoms with Gasteiger partial charge in [0.05, 0.1) is 11.3 Å². The molecule has 0 unspecified atom stereocenters.